The van der Waals surface area contributed by atoms with Crippen LogP contribution in [0.15, 0.2) is 164 Å². The minimum atomic E-state index is 0.411. The third kappa shape index (κ3) is 6.36. The van der Waals surface area contributed by atoms with Gasteiger partial charge in [0.2, 0.25) is 0 Å². The van der Waals surface area contributed by atoms with E-state index >= 15 is 0 Å². The Morgan fingerprint density at radius 3 is 0.688 bits per heavy atom. The maximum Gasteiger partial charge on any atom is 0.0896 e. The molecule has 0 saturated carbocycles. The molecule has 0 heterocycles. The van der Waals surface area contributed by atoms with Crippen molar-refractivity contribution in [3.05, 3.63) is 164 Å². The van der Waals surface area contributed by atoms with Crippen LogP contribution in [-0.2, 0) is 0 Å². The quantitative estimate of drug-likeness (QED) is 0.0891. The normalized spacial score (nSPS) is 10.8. The molecular formula is C42H36N6. The molecule has 0 unspecified atom stereocenters. The van der Waals surface area contributed by atoms with Gasteiger partial charge in [-0.2, -0.15) is 0 Å². The van der Waals surface area contributed by atoms with Gasteiger partial charge in [0, 0.05) is 17.1 Å². The molecule has 9 N–H and O–H groups in total. The summed E-state index contributed by atoms with van der Waals surface area (Å²) in [6.45, 7) is 0. The molecule has 0 aromatic heterocycles. The molecule has 0 aliphatic carbocycles. The number of nitrogens with one attached hydrogen (secondary N) is 3. The van der Waals surface area contributed by atoms with Crippen LogP contribution >= 0.6 is 0 Å². The van der Waals surface area contributed by atoms with E-state index in [0.717, 1.165) is 50.4 Å². The summed E-state index contributed by atoms with van der Waals surface area (Å²) in [7, 11) is 0. The van der Waals surface area contributed by atoms with E-state index in [9.17, 15) is 0 Å². The fraction of sp³-hybridized carbons (Fsp3) is 0. The van der Waals surface area contributed by atoms with Crippen LogP contribution in [0.1, 0.15) is 0 Å². The van der Waals surface area contributed by atoms with Gasteiger partial charge >= 0.3 is 0 Å². The third-order valence-electron chi connectivity index (χ3n) is 8.40. The maximum absolute atomic E-state index is 6.86. The lowest BCUT2D eigenvalue weighted by Gasteiger charge is -2.23. The molecule has 48 heavy (non-hydrogen) atoms. The zero-order chi connectivity index (χ0) is 32.9. The second kappa shape index (κ2) is 13.4. The topological polar surface area (TPSA) is 114 Å². The van der Waals surface area contributed by atoms with Gasteiger partial charge in [0.15, 0.2) is 0 Å². The standard InChI is InChI=1S/C42H36N6/c43-37-40(46-34-22-16-31(17-23-34)28-10-4-1-5-11-28)38(44)42(48-36-26-20-33(21-27-36)30-14-8-3-9-15-30)39(45)41(37)47-35-24-18-32(19-25-35)29-12-6-2-7-13-29/h1-27,46-48H,43-45H2. The molecule has 0 saturated heterocycles. The van der Waals surface area contributed by atoms with Crippen LogP contribution in [0.4, 0.5) is 51.2 Å². The Hall–Kier alpha value is -6.66. The van der Waals surface area contributed by atoms with Crippen molar-refractivity contribution in [2.24, 2.45) is 0 Å². The van der Waals surface area contributed by atoms with Gasteiger partial charge in [-0.05, 0) is 69.8 Å². The van der Waals surface area contributed by atoms with Crippen LogP contribution in [0, 0.1) is 0 Å². The monoisotopic (exact) mass is 624 g/mol. The van der Waals surface area contributed by atoms with E-state index in [-0.39, 0.29) is 0 Å². The molecule has 0 bridgehead atoms. The molecule has 0 aliphatic rings. The number of nitrogen functional groups attached to an aromatic ring is 3. The molecule has 0 spiro atoms. The van der Waals surface area contributed by atoms with Crippen molar-refractivity contribution in [2.45, 2.75) is 0 Å². The molecule has 0 fully saturated rings. The Morgan fingerprint density at radius 2 is 0.458 bits per heavy atom. The van der Waals surface area contributed by atoms with E-state index in [1.807, 2.05) is 91.0 Å². The summed E-state index contributed by atoms with van der Waals surface area (Å²) in [6.07, 6.45) is 0. The van der Waals surface area contributed by atoms with Crippen molar-refractivity contribution in [3.8, 4) is 33.4 Å². The lowest BCUT2D eigenvalue weighted by molar-refractivity contribution is 1.48. The maximum atomic E-state index is 6.86. The minimum Gasteiger partial charge on any atom is -0.395 e. The molecule has 7 aromatic rings. The highest BCUT2D eigenvalue weighted by atomic mass is 15.0. The Labute approximate surface area is 280 Å². The second-order valence-corrected chi connectivity index (χ2v) is 11.6. The van der Waals surface area contributed by atoms with E-state index in [2.05, 4.69) is 88.7 Å². The third-order valence-corrected chi connectivity index (χ3v) is 8.40. The van der Waals surface area contributed by atoms with Crippen molar-refractivity contribution in [1.29, 1.82) is 0 Å². The van der Waals surface area contributed by atoms with Crippen LogP contribution in [-0.4, -0.2) is 0 Å². The van der Waals surface area contributed by atoms with Crippen molar-refractivity contribution in [1.82, 2.24) is 0 Å². The van der Waals surface area contributed by atoms with Crippen LogP contribution in [0.5, 0.6) is 0 Å². The number of nitrogens with two attached hydrogens (primary N) is 3. The molecule has 0 amide bonds. The van der Waals surface area contributed by atoms with E-state index in [1.54, 1.807) is 0 Å². The fourth-order valence-electron chi connectivity index (χ4n) is 5.78. The molecule has 0 radical (unpaired) electrons. The average molecular weight is 625 g/mol. The molecule has 7 rings (SSSR count). The van der Waals surface area contributed by atoms with Gasteiger partial charge < -0.3 is 33.2 Å². The van der Waals surface area contributed by atoms with Crippen molar-refractivity contribution in [2.75, 3.05) is 33.2 Å². The Morgan fingerprint density at radius 1 is 0.250 bits per heavy atom. The number of anilines is 9. The van der Waals surface area contributed by atoms with Gasteiger partial charge in [-0.15, -0.1) is 0 Å². The fourth-order valence-corrected chi connectivity index (χ4v) is 5.78. The molecule has 234 valence electrons. The van der Waals surface area contributed by atoms with Crippen LogP contribution < -0.4 is 33.2 Å². The molecule has 7 aromatic carbocycles. The van der Waals surface area contributed by atoms with Crippen molar-refractivity contribution < 1.29 is 0 Å². The SMILES string of the molecule is Nc1c(Nc2ccc(-c3ccccc3)cc2)c(N)c(Nc2ccc(-c3ccccc3)cc2)c(N)c1Nc1ccc(-c2ccccc2)cc1. The largest absolute Gasteiger partial charge is 0.395 e. The minimum absolute atomic E-state index is 0.411. The van der Waals surface area contributed by atoms with E-state index in [0.29, 0.717) is 34.1 Å². The summed E-state index contributed by atoms with van der Waals surface area (Å²) < 4.78 is 0. The Kier molecular flexibility index (Phi) is 8.36. The first-order chi connectivity index (χ1) is 23.5. The summed E-state index contributed by atoms with van der Waals surface area (Å²) in [5.41, 5.74) is 32.8. The van der Waals surface area contributed by atoms with Crippen LogP contribution in [0.3, 0.4) is 0 Å². The van der Waals surface area contributed by atoms with Gasteiger partial charge in [-0.25, -0.2) is 0 Å². The average Bonchev–Trinajstić information content (AvgIpc) is 3.15. The molecule has 0 aliphatic heterocycles. The van der Waals surface area contributed by atoms with Gasteiger partial charge in [0.1, 0.15) is 0 Å². The van der Waals surface area contributed by atoms with Crippen LogP contribution in [0.2, 0.25) is 0 Å². The smallest absolute Gasteiger partial charge is 0.0896 e. The van der Waals surface area contributed by atoms with E-state index in [4.69, 9.17) is 17.2 Å². The summed E-state index contributed by atoms with van der Waals surface area (Å²) in [5, 5.41) is 10.4. The summed E-state index contributed by atoms with van der Waals surface area (Å²) in [4.78, 5) is 0. The van der Waals surface area contributed by atoms with E-state index < -0.39 is 0 Å². The van der Waals surface area contributed by atoms with Crippen molar-refractivity contribution >= 4 is 51.2 Å². The lowest BCUT2D eigenvalue weighted by Crippen LogP contribution is -2.11. The second-order valence-electron chi connectivity index (χ2n) is 11.6. The molecular weight excluding hydrogens is 589 g/mol. The molecule has 0 atom stereocenters. The molecule has 6 heteroatoms. The predicted octanol–water partition coefficient (Wildman–Crippen LogP) is 10.7. The highest BCUT2D eigenvalue weighted by molar-refractivity contribution is 6.08. The first kappa shape index (κ1) is 30.0. The predicted molar refractivity (Wildman–Crippen MR) is 205 cm³/mol. The Bertz CT molecular complexity index is 1860. The number of benzene rings is 7. The Balaban J connectivity index is 1.24. The van der Waals surface area contributed by atoms with Gasteiger partial charge in [-0.3, -0.25) is 0 Å². The summed E-state index contributed by atoms with van der Waals surface area (Å²) in [5.74, 6) is 0. The van der Waals surface area contributed by atoms with Crippen LogP contribution in [0.25, 0.3) is 33.4 Å². The highest BCUT2D eigenvalue weighted by Gasteiger charge is 2.21. The van der Waals surface area contributed by atoms with Gasteiger partial charge in [0.05, 0.1) is 34.1 Å². The van der Waals surface area contributed by atoms with E-state index in [1.165, 1.54) is 0 Å². The lowest BCUT2D eigenvalue weighted by atomic mass is 10.0. The number of hydrogen-bond acceptors (Lipinski definition) is 6. The summed E-state index contributed by atoms with van der Waals surface area (Å²) >= 11 is 0. The van der Waals surface area contributed by atoms with Gasteiger partial charge in [-0.1, -0.05) is 127 Å². The molecule has 6 nitrogen and oxygen atoms in total. The zero-order valence-electron chi connectivity index (χ0n) is 26.3. The highest BCUT2D eigenvalue weighted by Crippen LogP contribution is 2.48. The number of hydrogen-bond donors (Lipinski definition) is 6. The zero-order valence-corrected chi connectivity index (χ0v) is 26.3. The van der Waals surface area contributed by atoms with Gasteiger partial charge in [0.25, 0.3) is 0 Å². The summed E-state index contributed by atoms with van der Waals surface area (Å²) in [6, 6.07) is 55.3. The first-order valence-electron chi connectivity index (χ1n) is 15.8. The van der Waals surface area contributed by atoms with Crippen molar-refractivity contribution in [3.63, 3.8) is 0 Å². The number of rotatable bonds is 9. The first-order valence-corrected chi connectivity index (χ1v) is 15.8.